The summed E-state index contributed by atoms with van der Waals surface area (Å²) in [5, 5.41) is 6.43. The first kappa shape index (κ1) is 14.0. The fourth-order valence-electron chi connectivity index (χ4n) is 2.63. The highest BCUT2D eigenvalue weighted by Crippen LogP contribution is 2.38. The molecule has 0 saturated heterocycles. The van der Waals surface area contributed by atoms with E-state index in [4.69, 9.17) is 11.6 Å². The van der Waals surface area contributed by atoms with E-state index in [2.05, 4.69) is 39.6 Å². The van der Waals surface area contributed by atoms with Crippen molar-refractivity contribution < 1.29 is 0 Å². The summed E-state index contributed by atoms with van der Waals surface area (Å²) < 4.78 is 0. The van der Waals surface area contributed by atoms with Gasteiger partial charge in [0.25, 0.3) is 0 Å². The summed E-state index contributed by atoms with van der Waals surface area (Å²) in [4.78, 5) is 6.79. The minimum Gasteiger partial charge on any atom is -0.318 e. The third-order valence-corrected chi connectivity index (χ3v) is 4.74. The van der Waals surface area contributed by atoms with Crippen molar-refractivity contribution in [3.05, 3.63) is 52.4 Å². The summed E-state index contributed by atoms with van der Waals surface area (Å²) in [6.45, 7) is 1.87. The minimum atomic E-state index is 0. The van der Waals surface area contributed by atoms with Crippen LogP contribution in [0.15, 0.2) is 46.8 Å². The fraction of sp³-hybridized carbons (Fsp3) is 0.133. The minimum absolute atomic E-state index is 0. The molecule has 0 unspecified atom stereocenters. The van der Waals surface area contributed by atoms with Gasteiger partial charge < -0.3 is 4.90 Å². The normalized spacial score (nSPS) is 16.8. The van der Waals surface area contributed by atoms with Crippen LogP contribution in [0, 0.1) is 0 Å². The van der Waals surface area contributed by atoms with E-state index in [1.54, 1.807) is 11.8 Å². The molecule has 2 aliphatic rings. The molecule has 4 rings (SSSR count). The zero-order chi connectivity index (χ0) is 12.8. The molecule has 0 fully saturated rings. The second kappa shape index (κ2) is 5.43. The maximum absolute atomic E-state index is 6.28. The van der Waals surface area contributed by atoms with Crippen LogP contribution in [-0.4, -0.2) is 23.2 Å². The van der Waals surface area contributed by atoms with Crippen molar-refractivity contribution in [1.82, 2.24) is 4.90 Å². The second-order valence-corrected chi connectivity index (χ2v) is 5.82. The SMILES string of the molecule is Br.Clc1cccc2c(C3=CSC4=NCCN34)cccc12. The summed E-state index contributed by atoms with van der Waals surface area (Å²) in [5.74, 6) is 0. The smallest absolute Gasteiger partial charge is 0.168 e. The van der Waals surface area contributed by atoms with E-state index in [-0.39, 0.29) is 17.0 Å². The Kier molecular flexibility index (Phi) is 3.80. The molecular formula is C15H12BrClN2S. The van der Waals surface area contributed by atoms with E-state index < -0.39 is 0 Å². The maximum atomic E-state index is 6.28. The Morgan fingerprint density at radius 1 is 1.10 bits per heavy atom. The highest BCUT2D eigenvalue weighted by Gasteiger charge is 2.27. The predicted molar refractivity (Wildman–Crippen MR) is 93.9 cm³/mol. The number of amidine groups is 1. The lowest BCUT2D eigenvalue weighted by Gasteiger charge is -2.18. The first-order valence-electron chi connectivity index (χ1n) is 6.21. The Hall–Kier alpha value is -0.970. The van der Waals surface area contributed by atoms with Gasteiger partial charge in [0.2, 0.25) is 0 Å². The lowest BCUT2D eigenvalue weighted by atomic mass is 10.0. The molecule has 102 valence electrons. The zero-order valence-electron chi connectivity index (χ0n) is 10.5. The summed E-state index contributed by atoms with van der Waals surface area (Å²) in [6, 6.07) is 12.4. The molecule has 0 aliphatic carbocycles. The summed E-state index contributed by atoms with van der Waals surface area (Å²) in [6.07, 6.45) is 0. The largest absolute Gasteiger partial charge is 0.318 e. The average Bonchev–Trinajstić information content (AvgIpc) is 3.01. The molecule has 2 aromatic rings. The molecular weight excluding hydrogens is 356 g/mol. The number of aliphatic imine (C=N–C) groups is 1. The van der Waals surface area contributed by atoms with Crippen LogP contribution in [-0.2, 0) is 0 Å². The summed E-state index contributed by atoms with van der Waals surface area (Å²) in [7, 11) is 0. The van der Waals surface area contributed by atoms with Crippen LogP contribution in [0.4, 0.5) is 0 Å². The number of halogens is 2. The van der Waals surface area contributed by atoms with E-state index in [1.807, 2.05) is 12.1 Å². The first-order valence-corrected chi connectivity index (χ1v) is 7.47. The van der Waals surface area contributed by atoms with Crippen LogP contribution in [0.5, 0.6) is 0 Å². The number of hydrogen-bond acceptors (Lipinski definition) is 3. The number of nitrogens with zero attached hydrogens (tertiary/aromatic N) is 2. The van der Waals surface area contributed by atoms with Crippen molar-refractivity contribution in [3.8, 4) is 0 Å². The van der Waals surface area contributed by atoms with Crippen LogP contribution < -0.4 is 0 Å². The van der Waals surface area contributed by atoms with Gasteiger partial charge in [-0.3, -0.25) is 4.99 Å². The van der Waals surface area contributed by atoms with Crippen molar-refractivity contribution in [2.75, 3.05) is 13.1 Å². The Labute approximate surface area is 137 Å². The van der Waals surface area contributed by atoms with Crippen LogP contribution in [0.3, 0.4) is 0 Å². The highest BCUT2D eigenvalue weighted by molar-refractivity contribution is 8.93. The van der Waals surface area contributed by atoms with Gasteiger partial charge in [-0.25, -0.2) is 0 Å². The molecule has 0 spiro atoms. The number of hydrogen-bond donors (Lipinski definition) is 0. The standard InChI is InChI=1S/C15H11ClN2S.BrH/c16-13-6-2-3-10-11(13)4-1-5-12(10)14-9-19-15-17-7-8-18(14)15;/h1-6,9H,7-8H2;1H. The van der Waals surface area contributed by atoms with Gasteiger partial charge in [-0.15, -0.1) is 17.0 Å². The molecule has 0 aromatic heterocycles. The van der Waals surface area contributed by atoms with E-state index in [0.29, 0.717) is 0 Å². The quantitative estimate of drug-likeness (QED) is 0.720. The number of thioether (sulfide) groups is 1. The van der Waals surface area contributed by atoms with Crippen LogP contribution in [0.2, 0.25) is 5.02 Å². The van der Waals surface area contributed by atoms with Gasteiger partial charge in [0, 0.05) is 27.9 Å². The Morgan fingerprint density at radius 3 is 2.80 bits per heavy atom. The molecule has 2 aliphatic heterocycles. The molecule has 0 saturated carbocycles. The monoisotopic (exact) mass is 366 g/mol. The molecule has 0 atom stereocenters. The summed E-state index contributed by atoms with van der Waals surface area (Å²) >= 11 is 7.99. The van der Waals surface area contributed by atoms with E-state index in [1.165, 1.54) is 16.6 Å². The molecule has 2 aromatic carbocycles. The second-order valence-electron chi connectivity index (χ2n) is 4.58. The van der Waals surface area contributed by atoms with Crippen LogP contribution >= 0.6 is 40.3 Å². The van der Waals surface area contributed by atoms with Gasteiger partial charge >= 0.3 is 0 Å². The molecule has 5 heteroatoms. The van der Waals surface area contributed by atoms with Crippen molar-refractivity contribution in [2.24, 2.45) is 4.99 Å². The van der Waals surface area contributed by atoms with Gasteiger partial charge in [-0.2, -0.15) is 0 Å². The number of benzene rings is 2. The fourth-order valence-corrected chi connectivity index (χ4v) is 3.82. The number of fused-ring (bicyclic) bond motifs is 2. The first-order chi connectivity index (χ1) is 9.34. The molecule has 0 bridgehead atoms. The van der Waals surface area contributed by atoms with Crippen molar-refractivity contribution in [2.45, 2.75) is 0 Å². The van der Waals surface area contributed by atoms with Crippen LogP contribution in [0.1, 0.15) is 5.56 Å². The zero-order valence-corrected chi connectivity index (χ0v) is 13.8. The Bertz CT molecular complexity index is 742. The van der Waals surface area contributed by atoms with E-state index in [0.717, 1.165) is 28.7 Å². The van der Waals surface area contributed by atoms with E-state index in [9.17, 15) is 0 Å². The lowest BCUT2D eigenvalue weighted by Crippen LogP contribution is -2.19. The molecule has 0 N–H and O–H groups in total. The van der Waals surface area contributed by atoms with Gasteiger partial charge in [-0.1, -0.05) is 53.7 Å². The maximum Gasteiger partial charge on any atom is 0.168 e. The number of rotatable bonds is 1. The van der Waals surface area contributed by atoms with Crippen molar-refractivity contribution in [1.29, 1.82) is 0 Å². The molecule has 0 radical (unpaired) electrons. The van der Waals surface area contributed by atoms with Gasteiger partial charge in [0.1, 0.15) is 0 Å². The molecule has 2 nitrogen and oxygen atoms in total. The van der Waals surface area contributed by atoms with Crippen molar-refractivity contribution in [3.63, 3.8) is 0 Å². The van der Waals surface area contributed by atoms with E-state index >= 15 is 0 Å². The third kappa shape index (κ3) is 2.07. The van der Waals surface area contributed by atoms with Crippen molar-refractivity contribution >= 4 is 62.0 Å². The average molecular weight is 368 g/mol. The van der Waals surface area contributed by atoms with Gasteiger partial charge in [0.15, 0.2) is 5.17 Å². The third-order valence-electron chi connectivity index (χ3n) is 3.51. The molecule has 2 heterocycles. The lowest BCUT2D eigenvalue weighted by molar-refractivity contribution is 0.650. The van der Waals surface area contributed by atoms with Crippen LogP contribution in [0.25, 0.3) is 16.5 Å². The van der Waals surface area contributed by atoms with Gasteiger partial charge in [-0.05, 0) is 11.5 Å². The highest BCUT2D eigenvalue weighted by atomic mass is 79.9. The predicted octanol–water partition coefficient (Wildman–Crippen LogP) is 4.79. The molecule has 0 amide bonds. The summed E-state index contributed by atoms with van der Waals surface area (Å²) in [5.41, 5.74) is 2.48. The molecule has 20 heavy (non-hydrogen) atoms. The van der Waals surface area contributed by atoms with Gasteiger partial charge in [0.05, 0.1) is 12.2 Å². The Morgan fingerprint density at radius 2 is 1.90 bits per heavy atom. The Balaban J connectivity index is 0.00000121. The topological polar surface area (TPSA) is 15.6 Å².